The number of halogens is 1. The van der Waals surface area contributed by atoms with Gasteiger partial charge in [0, 0.05) is 5.69 Å². The standard InChI is InChI=1S/C19H20FNO3/c1-12(2)14-4-6-15(7-5-14)19(23)24-13(3)18(22)21-17-10-8-16(20)9-11-17/h4-13H,1-3H3,(H,21,22)/t13-/m1/s1. The van der Waals surface area contributed by atoms with E-state index in [9.17, 15) is 14.0 Å². The maximum absolute atomic E-state index is 12.8. The summed E-state index contributed by atoms with van der Waals surface area (Å²) in [6.45, 7) is 5.61. The lowest BCUT2D eigenvalue weighted by atomic mass is 10.0. The highest BCUT2D eigenvalue weighted by atomic mass is 19.1. The van der Waals surface area contributed by atoms with Crippen LogP contribution in [0, 0.1) is 5.82 Å². The predicted octanol–water partition coefficient (Wildman–Crippen LogP) is 4.13. The van der Waals surface area contributed by atoms with Gasteiger partial charge in [-0.1, -0.05) is 26.0 Å². The van der Waals surface area contributed by atoms with Crippen molar-refractivity contribution in [3.8, 4) is 0 Å². The predicted molar refractivity (Wildman–Crippen MR) is 90.4 cm³/mol. The van der Waals surface area contributed by atoms with Crippen molar-refractivity contribution in [2.75, 3.05) is 5.32 Å². The zero-order valence-electron chi connectivity index (χ0n) is 13.9. The van der Waals surface area contributed by atoms with Gasteiger partial charge < -0.3 is 10.1 Å². The third-order valence-electron chi connectivity index (χ3n) is 3.58. The fourth-order valence-electron chi connectivity index (χ4n) is 2.06. The number of ether oxygens (including phenoxy) is 1. The minimum atomic E-state index is -0.965. The number of esters is 1. The molecule has 0 fully saturated rings. The van der Waals surface area contributed by atoms with Crippen LogP contribution >= 0.6 is 0 Å². The number of hydrogen-bond donors (Lipinski definition) is 1. The van der Waals surface area contributed by atoms with Gasteiger partial charge in [-0.15, -0.1) is 0 Å². The van der Waals surface area contributed by atoms with Crippen LogP contribution in [0.15, 0.2) is 48.5 Å². The van der Waals surface area contributed by atoms with Crippen molar-refractivity contribution in [1.29, 1.82) is 0 Å². The second kappa shape index (κ2) is 7.73. The Labute approximate surface area is 140 Å². The molecule has 0 unspecified atom stereocenters. The van der Waals surface area contributed by atoms with Crippen LogP contribution in [-0.4, -0.2) is 18.0 Å². The lowest BCUT2D eigenvalue weighted by Crippen LogP contribution is -2.30. The van der Waals surface area contributed by atoms with E-state index in [1.807, 2.05) is 12.1 Å². The molecular formula is C19H20FNO3. The minimum absolute atomic E-state index is 0.371. The number of anilines is 1. The average molecular weight is 329 g/mol. The van der Waals surface area contributed by atoms with Crippen LogP contribution < -0.4 is 5.32 Å². The van der Waals surface area contributed by atoms with Crippen LogP contribution in [0.25, 0.3) is 0 Å². The molecule has 0 radical (unpaired) electrons. The van der Waals surface area contributed by atoms with Crippen LogP contribution in [0.3, 0.4) is 0 Å². The van der Waals surface area contributed by atoms with Gasteiger partial charge in [0.25, 0.3) is 5.91 Å². The number of hydrogen-bond acceptors (Lipinski definition) is 3. The molecule has 0 aromatic heterocycles. The Hall–Kier alpha value is -2.69. The van der Waals surface area contributed by atoms with E-state index in [-0.39, 0.29) is 0 Å². The summed E-state index contributed by atoms with van der Waals surface area (Å²) in [7, 11) is 0. The molecule has 1 amide bonds. The normalized spacial score (nSPS) is 11.9. The van der Waals surface area contributed by atoms with Crippen LogP contribution in [0.5, 0.6) is 0 Å². The Morgan fingerprint density at radius 3 is 2.08 bits per heavy atom. The van der Waals surface area contributed by atoms with Crippen LogP contribution in [0.1, 0.15) is 42.6 Å². The van der Waals surface area contributed by atoms with E-state index in [0.29, 0.717) is 17.2 Å². The number of amides is 1. The number of carbonyl (C=O) groups excluding carboxylic acids is 2. The number of nitrogens with one attached hydrogen (secondary N) is 1. The van der Waals surface area contributed by atoms with Crippen molar-refractivity contribution < 1.29 is 18.7 Å². The third-order valence-corrected chi connectivity index (χ3v) is 3.58. The van der Waals surface area contributed by atoms with Crippen molar-refractivity contribution in [3.05, 3.63) is 65.5 Å². The second-order valence-corrected chi connectivity index (χ2v) is 5.82. The summed E-state index contributed by atoms with van der Waals surface area (Å²) in [6.07, 6.45) is -0.965. The average Bonchev–Trinajstić information content (AvgIpc) is 2.56. The first-order valence-corrected chi connectivity index (χ1v) is 7.74. The van der Waals surface area contributed by atoms with E-state index < -0.39 is 23.8 Å². The summed E-state index contributed by atoms with van der Waals surface area (Å²) in [4.78, 5) is 24.1. The molecule has 5 heteroatoms. The van der Waals surface area contributed by atoms with Crippen LogP contribution in [-0.2, 0) is 9.53 Å². The van der Waals surface area contributed by atoms with Gasteiger partial charge >= 0.3 is 5.97 Å². The van der Waals surface area contributed by atoms with Gasteiger partial charge in [0.2, 0.25) is 0 Å². The first-order valence-electron chi connectivity index (χ1n) is 7.74. The minimum Gasteiger partial charge on any atom is -0.449 e. The molecule has 0 saturated heterocycles. The van der Waals surface area contributed by atoms with Crippen molar-refractivity contribution in [2.24, 2.45) is 0 Å². The monoisotopic (exact) mass is 329 g/mol. The quantitative estimate of drug-likeness (QED) is 0.839. The molecule has 0 bridgehead atoms. The number of rotatable bonds is 5. The molecule has 0 spiro atoms. The SMILES string of the molecule is CC(C)c1ccc(C(=O)O[C@H](C)C(=O)Nc2ccc(F)cc2)cc1. The lowest BCUT2D eigenvalue weighted by Gasteiger charge is -2.14. The van der Waals surface area contributed by atoms with Crippen molar-refractivity contribution in [2.45, 2.75) is 32.8 Å². The summed E-state index contributed by atoms with van der Waals surface area (Å²) in [5.74, 6) is -1.06. The summed E-state index contributed by atoms with van der Waals surface area (Å²) < 4.78 is 18.0. The van der Waals surface area contributed by atoms with Crippen molar-refractivity contribution in [1.82, 2.24) is 0 Å². The van der Waals surface area contributed by atoms with E-state index in [4.69, 9.17) is 4.74 Å². The zero-order valence-corrected chi connectivity index (χ0v) is 13.9. The van der Waals surface area contributed by atoms with Crippen LogP contribution in [0.2, 0.25) is 0 Å². The maximum atomic E-state index is 12.8. The molecule has 4 nitrogen and oxygen atoms in total. The Morgan fingerprint density at radius 2 is 1.54 bits per heavy atom. The van der Waals surface area contributed by atoms with Gasteiger partial charge in [-0.3, -0.25) is 4.79 Å². The third kappa shape index (κ3) is 4.65. The van der Waals surface area contributed by atoms with E-state index in [0.717, 1.165) is 5.56 Å². The molecule has 2 aromatic carbocycles. The number of carbonyl (C=O) groups is 2. The highest BCUT2D eigenvalue weighted by molar-refractivity contribution is 5.97. The highest BCUT2D eigenvalue weighted by Crippen LogP contribution is 2.16. The molecule has 2 aromatic rings. The van der Waals surface area contributed by atoms with Gasteiger partial charge in [0.1, 0.15) is 5.82 Å². The zero-order chi connectivity index (χ0) is 17.7. The van der Waals surface area contributed by atoms with E-state index in [1.54, 1.807) is 12.1 Å². The van der Waals surface area contributed by atoms with Gasteiger partial charge in [0.05, 0.1) is 5.56 Å². The van der Waals surface area contributed by atoms with Crippen LogP contribution in [0.4, 0.5) is 10.1 Å². The first-order chi connectivity index (χ1) is 11.4. The lowest BCUT2D eigenvalue weighted by molar-refractivity contribution is -0.123. The van der Waals surface area contributed by atoms with Crippen molar-refractivity contribution in [3.63, 3.8) is 0 Å². The Morgan fingerprint density at radius 1 is 0.958 bits per heavy atom. The van der Waals surface area contributed by atoms with E-state index in [1.165, 1.54) is 31.2 Å². The Kier molecular flexibility index (Phi) is 5.68. The molecule has 24 heavy (non-hydrogen) atoms. The maximum Gasteiger partial charge on any atom is 0.338 e. The summed E-state index contributed by atoms with van der Waals surface area (Å²) >= 11 is 0. The molecule has 1 N–H and O–H groups in total. The summed E-state index contributed by atoms with van der Waals surface area (Å²) in [5.41, 5.74) is 1.94. The number of benzene rings is 2. The summed E-state index contributed by atoms with van der Waals surface area (Å²) in [5, 5.41) is 2.57. The van der Waals surface area contributed by atoms with Gasteiger partial charge in [-0.2, -0.15) is 0 Å². The first kappa shape index (κ1) is 17.7. The highest BCUT2D eigenvalue weighted by Gasteiger charge is 2.19. The molecule has 1 atom stereocenters. The van der Waals surface area contributed by atoms with E-state index >= 15 is 0 Å². The van der Waals surface area contributed by atoms with Gasteiger partial charge in [-0.25, -0.2) is 9.18 Å². The largest absolute Gasteiger partial charge is 0.449 e. The molecule has 0 heterocycles. The second-order valence-electron chi connectivity index (χ2n) is 5.82. The summed E-state index contributed by atoms with van der Waals surface area (Å²) in [6, 6.07) is 12.4. The Bertz CT molecular complexity index is 708. The molecular weight excluding hydrogens is 309 g/mol. The van der Waals surface area contributed by atoms with Gasteiger partial charge in [0.15, 0.2) is 6.10 Å². The molecule has 2 rings (SSSR count). The van der Waals surface area contributed by atoms with E-state index in [2.05, 4.69) is 19.2 Å². The molecule has 0 saturated carbocycles. The fraction of sp³-hybridized carbons (Fsp3) is 0.263. The molecule has 0 aliphatic heterocycles. The van der Waals surface area contributed by atoms with Gasteiger partial charge in [-0.05, 0) is 54.8 Å². The Balaban J connectivity index is 1.94. The van der Waals surface area contributed by atoms with Crippen molar-refractivity contribution >= 4 is 17.6 Å². The fourth-order valence-corrected chi connectivity index (χ4v) is 2.06. The molecule has 126 valence electrons. The molecule has 0 aliphatic carbocycles. The topological polar surface area (TPSA) is 55.4 Å². The molecule has 0 aliphatic rings. The smallest absolute Gasteiger partial charge is 0.338 e.